The molecule has 0 radical (unpaired) electrons. The first-order valence-corrected chi connectivity index (χ1v) is 7.53. The minimum absolute atomic E-state index is 0.0591. The summed E-state index contributed by atoms with van der Waals surface area (Å²) in [4.78, 5) is 0.0949. The maximum Gasteiger partial charge on any atom is 0.242 e. The number of hydrogen-bond acceptors (Lipinski definition) is 6. The van der Waals surface area contributed by atoms with Crippen molar-refractivity contribution in [2.75, 3.05) is 6.54 Å². The van der Waals surface area contributed by atoms with Crippen LogP contribution in [-0.4, -0.2) is 35.6 Å². The minimum atomic E-state index is -3.73. The van der Waals surface area contributed by atoms with E-state index >= 15 is 0 Å². The van der Waals surface area contributed by atoms with Gasteiger partial charge in [0.1, 0.15) is 0 Å². The van der Waals surface area contributed by atoms with E-state index in [0.29, 0.717) is 5.56 Å². The van der Waals surface area contributed by atoms with Gasteiger partial charge in [0.2, 0.25) is 10.0 Å². The quantitative estimate of drug-likeness (QED) is 0.641. The van der Waals surface area contributed by atoms with Crippen LogP contribution in [0.4, 0.5) is 0 Å². The lowest BCUT2D eigenvalue weighted by atomic mass is 10.1. The van der Waals surface area contributed by atoms with Crippen molar-refractivity contribution in [2.24, 2.45) is 5.73 Å². The summed E-state index contributed by atoms with van der Waals surface area (Å²) in [6.45, 7) is 1.96. The third-order valence-corrected chi connectivity index (χ3v) is 4.02. The molecule has 9 heteroatoms. The summed E-state index contributed by atoms with van der Waals surface area (Å²) in [5.74, 6) is 5.68. The molecule has 0 unspecified atom stereocenters. The average Bonchev–Trinajstić information content (AvgIpc) is 2.96. The molecule has 0 fully saturated rings. The molecule has 2 rings (SSSR count). The highest BCUT2D eigenvalue weighted by Crippen LogP contribution is 2.16. The summed E-state index contributed by atoms with van der Waals surface area (Å²) < 4.78 is 27.1. The second-order valence-corrected chi connectivity index (χ2v) is 5.89. The Labute approximate surface area is 122 Å². The summed E-state index contributed by atoms with van der Waals surface area (Å²) in [5, 5.41) is 13.0. The van der Waals surface area contributed by atoms with Crippen molar-refractivity contribution >= 4 is 10.0 Å². The van der Waals surface area contributed by atoms with Crippen molar-refractivity contribution in [2.45, 2.75) is 18.4 Å². The fourth-order valence-electron chi connectivity index (χ4n) is 1.62. The number of aryl methyl sites for hydroxylation is 1. The first-order chi connectivity index (χ1) is 10.0. The Morgan fingerprint density at radius 2 is 2.24 bits per heavy atom. The number of aromatic amines is 1. The van der Waals surface area contributed by atoms with Crippen LogP contribution in [0.1, 0.15) is 17.0 Å². The Balaban J connectivity index is 2.30. The molecule has 0 bridgehead atoms. The molecule has 0 aliphatic rings. The molecule has 2 aromatic rings. The van der Waals surface area contributed by atoms with E-state index in [1.807, 2.05) is 6.92 Å². The normalized spacial score (nSPS) is 11.0. The second-order valence-electron chi connectivity index (χ2n) is 4.16. The van der Waals surface area contributed by atoms with Crippen LogP contribution in [0.25, 0.3) is 0 Å². The summed E-state index contributed by atoms with van der Waals surface area (Å²) in [6, 6.07) is 4.91. The number of tetrazole rings is 1. The van der Waals surface area contributed by atoms with Gasteiger partial charge in [-0.2, -0.15) is 5.21 Å². The van der Waals surface area contributed by atoms with Crippen LogP contribution in [-0.2, 0) is 16.6 Å². The summed E-state index contributed by atoms with van der Waals surface area (Å²) in [5.41, 5.74) is 6.65. The lowest BCUT2D eigenvalue weighted by Crippen LogP contribution is -2.24. The molecule has 0 aliphatic carbocycles. The van der Waals surface area contributed by atoms with Gasteiger partial charge in [-0.1, -0.05) is 23.1 Å². The number of aromatic nitrogens is 4. The third-order valence-electron chi connectivity index (χ3n) is 2.56. The highest BCUT2D eigenvalue weighted by molar-refractivity contribution is 7.89. The van der Waals surface area contributed by atoms with Crippen LogP contribution in [0.2, 0.25) is 0 Å². The van der Waals surface area contributed by atoms with Crippen LogP contribution in [0.15, 0.2) is 23.1 Å². The van der Waals surface area contributed by atoms with Crippen molar-refractivity contribution in [1.29, 1.82) is 0 Å². The number of nitrogens with one attached hydrogen (secondary N) is 2. The summed E-state index contributed by atoms with van der Waals surface area (Å²) in [7, 11) is -3.73. The third kappa shape index (κ3) is 3.85. The second kappa shape index (κ2) is 6.45. The predicted octanol–water partition coefficient (Wildman–Crippen LogP) is -0.703. The molecular weight excluding hydrogens is 292 g/mol. The number of nitrogens with zero attached hydrogens (tertiary/aromatic N) is 3. The van der Waals surface area contributed by atoms with Gasteiger partial charge in [-0.3, -0.25) is 0 Å². The van der Waals surface area contributed by atoms with Crippen LogP contribution >= 0.6 is 0 Å². The number of sulfonamides is 1. The Morgan fingerprint density at radius 3 is 2.90 bits per heavy atom. The van der Waals surface area contributed by atoms with E-state index in [-0.39, 0.29) is 23.8 Å². The zero-order chi connectivity index (χ0) is 15.3. The van der Waals surface area contributed by atoms with Gasteiger partial charge >= 0.3 is 0 Å². The van der Waals surface area contributed by atoms with Crippen molar-refractivity contribution in [3.8, 4) is 11.8 Å². The van der Waals surface area contributed by atoms with Gasteiger partial charge < -0.3 is 5.73 Å². The standard InChI is InChI=1S/C12H14N6O2S/c1-9-4-5-11(10(7-9)3-2-6-13)21(19,20)14-8-12-15-17-18-16-12/h4-5,7,14H,6,8,13H2,1H3,(H,15,16,17,18). The van der Waals surface area contributed by atoms with Crippen LogP contribution in [0.5, 0.6) is 0 Å². The Hall–Kier alpha value is -2.28. The molecular formula is C12H14N6O2S. The number of H-pyrrole nitrogens is 1. The Kier molecular flexibility index (Phi) is 4.64. The van der Waals surface area contributed by atoms with E-state index in [2.05, 4.69) is 37.2 Å². The van der Waals surface area contributed by atoms with Crippen LogP contribution in [0, 0.1) is 18.8 Å². The van der Waals surface area contributed by atoms with E-state index in [9.17, 15) is 8.42 Å². The molecule has 110 valence electrons. The van der Waals surface area contributed by atoms with Crippen molar-refractivity contribution < 1.29 is 8.42 Å². The highest BCUT2D eigenvalue weighted by Gasteiger charge is 2.18. The van der Waals surface area contributed by atoms with Gasteiger partial charge in [-0.05, 0) is 24.6 Å². The van der Waals surface area contributed by atoms with E-state index in [1.54, 1.807) is 12.1 Å². The molecule has 0 saturated heterocycles. The predicted molar refractivity (Wildman–Crippen MR) is 75.3 cm³/mol. The first-order valence-electron chi connectivity index (χ1n) is 6.04. The fraction of sp³-hybridized carbons (Fsp3) is 0.250. The van der Waals surface area contributed by atoms with Gasteiger partial charge in [0.05, 0.1) is 18.0 Å². The summed E-state index contributed by atoms with van der Waals surface area (Å²) >= 11 is 0. The highest BCUT2D eigenvalue weighted by atomic mass is 32.2. The molecule has 8 nitrogen and oxygen atoms in total. The average molecular weight is 306 g/mol. The number of nitrogens with two attached hydrogens (primary N) is 1. The van der Waals surface area contributed by atoms with E-state index in [0.717, 1.165) is 5.56 Å². The Bertz CT molecular complexity index is 774. The topological polar surface area (TPSA) is 127 Å². The van der Waals surface area contributed by atoms with Gasteiger partial charge in [0, 0.05) is 5.56 Å². The van der Waals surface area contributed by atoms with Crippen molar-refractivity contribution in [3.05, 3.63) is 35.2 Å². The molecule has 0 atom stereocenters. The van der Waals surface area contributed by atoms with E-state index in [1.165, 1.54) is 6.07 Å². The molecule has 0 saturated carbocycles. The first kappa shape index (κ1) is 15.1. The molecule has 0 aliphatic heterocycles. The van der Waals surface area contributed by atoms with E-state index in [4.69, 9.17) is 5.73 Å². The molecule has 1 heterocycles. The van der Waals surface area contributed by atoms with Crippen molar-refractivity contribution in [3.63, 3.8) is 0 Å². The number of rotatable bonds is 4. The smallest absolute Gasteiger partial charge is 0.242 e. The maximum atomic E-state index is 12.3. The number of hydrogen-bond donors (Lipinski definition) is 3. The zero-order valence-electron chi connectivity index (χ0n) is 11.3. The zero-order valence-corrected chi connectivity index (χ0v) is 12.1. The molecule has 0 amide bonds. The SMILES string of the molecule is Cc1ccc(S(=O)(=O)NCc2nn[nH]n2)c(C#CCN)c1. The van der Waals surface area contributed by atoms with Gasteiger partial charge in [0.15, 0.2) is 5.82 Å². The summed E-state index contributed by atoms with van der Waals surface area (Å²) in [6.07, 6.45) is 0. The molecule has 4 N–H and O–H groups in total. The van der Waals surface area contributed by atoms with Gasteiger partial charge in [-0.25, -0.2) is 13.1 Å². The Morgan fingerprint density at radius 1 is 1.43 bits per heavy atom. The van der Waals surface area contributed by atoms with Gasteiger partial charge in [-0.15, -0.1) is 10.2 Å². The largest absolute Gasteiger partial charge is 0.320 e. The number of benzene rings is 1. The minimum Gasteiger partial charge on any atom is -0.320 e. The van der Waals surface area contributed by atoms with Gasteiger partial charge in [0.25, 0.3) is 0 Å². The molecule has 1 aromatic carbocycles. The van der Waals surface area contributed by atoms with E-state index < -0.39 is 10.0 Å². The maximum absolute atomic E-state index is 12.3. The van der Waals surface area contributed by atoms with Crippen molar-refractivity contribution in [1.82, 2.24) is 25.3 Å². The van der Waals surface area contributed by atoms with Crippen LogP contribution in [0.3, 0.4) is 0 Å². The lowest BCUT2D eigenvalue weighted by molar-refractivity contribution is 0.579. The lowest BCUT2D eigenvalue weighted by Gasteiger charge is -2.08. The fourth-order valence-corrected chi connectivity index (χ4v) is 2.74. The van der Waals surface area contributed by atoms with Crippen LogP contribution < -0.4 is 10.5 Å². The molecule has 21 heavy (non-hydrogen) atoms. The monoisotopic (exact) mass is 306 g/mol. The molecule has 0 spiro atoms. The molecule has 1 aromatic heterocycles.